The summed E-state index contributed by atoms with van der Waals surface area (Å²) in [5, 5.41) is 2.67. The van der Waals surface area contributed by atoms with Gasteiger partial charge in [0.2, 0.25) is 11.8 Å². The van der Waals surface area contributed by atoms with E-state index in [2.05, 4.69) is 5.32 Å². The predicted molar refractivity (Wildman–Crippen MR) is 91.2 cm³/mol. The van der Waals surface area contributed by atoms with Crippen molar-refractivity contribution in [2.24, 2.45) is 0 Å². The van der Waals surface area contributed by atoms with Crippen LogP contribution in [0.15, 0.2) is 41.0 Å². The van der Waals surface area contributed by atoms with E-state index in [1.165, 1.54) is 23.7 Å². The number of hydrogen-bond acceptors (Lipinski definition) is 4. The van der Waals surface area contributed by atoms with Crippen molar-refractivity contribution in [3.05, 3.63) is 51.6 Å². The van der Waals surface area contributed by atoms with E-state index in [0.29, 0.717) is 16.6 Å². The van der Waals surface area contributed by atoms with E-state index in [0.717, 1.165) is 4.88 Å². The fraction of sp³-hybridized carbons (Fsp3) is 0.250. The van der Waals surface area contributed by atoms with Crippen LogP contribution in [-0.4, -0.2) is 30.3 Å². The quantitative estimate of drug-likeness (QED) is 0.778. The summed E-state index contributed by atoms with van der Waals surface area (Å²) in [5.41, 5.74) is 0. The van der Waals surface area contributed by atoms with E-state index in [9.17, 15) is 9.59 Å². The first kappa shape index (κ1) is 17.3. The number of thiophene rings is 1. The van der Waals surface area contributed by atoms with Crippen LogP contribution < -0.4 is 5.32 Å². The lowest BCUT2D eigenvalue weighted by Crippen LogP contribution is -2.31. The standard InChI is InChI=1S/C16H17ClN2O3S/c1-19(11-13-5-6-14(17)23-13)16(21)8-9-18-15(20)7-4-12-3-2-10-22-12/h2-7,10H,8-9,11H2,1H3,(H,18,20)/b7-4+. The molecule has 0 aromatic carbocycles. The number of hydrogen-bond donors (Lipinski definition) is 1. The van der Waals surface area contributed by atoms with Crippen molar-refractivity contribution in [3.63, 3.8) is 0 Å². The number of carbonyl (C=O) groups is 2. The fourth-order valence-corrected chi connectivity index (χ4v) is 2.99. The number of carbonyl (C=O) groups excluding carboxylic acids is 2. The second kappa shape index (κ2) is 8.55. The van der Waals surface area contributed by atoms with Crippen molar-refractivity contribution in [1.29, 1.82) is 0 Å². The van der Waals surface area contributed by atoms with Crippen molar-refractivity contribution in [1.82, 2.24) is 10.2 Å². The van der Waals surface area contributed by atoms with E-state index >= 15 is 0 Å². The molecule has 0 saturated carbocycles. The fourth-order valence-electron chi connectivity index (χ4n) is 1.84. The van der Waals surface area contributed by atoms with E-state index in [1.807, 2.05) is 12.1 Å². The third-order valence-corrected chi connectivity index (χ3v) is 4.24. The first-order valence-electron chi connectivity index (χ1n) is 7.02. The number of nitrogens with one attached hydrogen (secondary N) is 1. The molecule has 0 bridgehead atoms. The lowest BCUT2D eigenvalue weighted by molar-refractivity contribution is -0.130. The van der Waals surface area contributed by atoms with Crippen LogP contribution in [-0.2, 0) is 16.1 Å². The van der Waals surface area contributed by atoms with Gasteiger partial charge in [-0.05, 0) is 30.3 Å². The Balaban J connectivity index is 1.68. The number of nitrogens with zero attached hydrogens (tertiary/aromatic N) is 1. The van der Waals surface area contributed by atoms with Gasteiger partial charge in [-0.25, -0.2) is 0 Å². The van der Waals surface area contributed by atoms with Gasteiger partial charge < -0.3 is 14.6 Å². The van der Waals surface area contributed by atoms with E-state index in [1.54, 1.807) is 30.2 Å². The zero-order valence-electron chi connectivity index (χ0n) is 12.6. The molecule has 0 fully saturated rings. The summed E-state index contributed by atoms with van der Waals surface area (Å²) in [6, 6.07) is 7.20. The molecule has 2 amide bonds. The number of furan rings is 1. The van der Waals surface area contributed by atoms with Gasteiger partial charge >= 0.3 is 0 Å². The molecule has 5 nitrogen and oxygen atoms in total. The molecule has 2 rings (SSSR count). The summed E-state index contributed by atoms with van der Waals surface area (Å²) in [5.74, 6) is 0.303. The third-order valence-electron chi connectivity index (χ3n) is 3.03. The second-order valence-electron chi connectivity index (χ2n) is 4.85. The first-order chi connectivity index (χ1) is 11.0. The molecule has 0 aliphatic heterocycles. The highest BCUT2D eigenvalue weighted by atomic mass is 35.5. The zero-order chi connectivity index (χ0) is 16.7. The van der Waals surface area contributed by atoms with Crippen LogP contribution in [0.5, 0.6) is 0 Å². The molecule has 122 valence electrons. The minimum atomic E-state index is -0.262. The number of amides is 2. The molecular weight excluding hydrogens is 336 g/mol. The monoisotopic (exact) mass is 352 g/mol. The molecule has 0 radical (unpaired) electrons. The zero-order valence-corrected chi connectivity index (χ0v) is 14.2. The summed E-state index contributed by atoms with van der Waals surface area (Å²) in [7, 11) is 1.73. The van der Waals surface area contributed by atoms with Crippen molar-refractivity contribution >= 4 is 40.8 Å². The SMILES string of the molecule is CN(Cc1ccc(Cl)s1)C(=O)CCNC(=O)/C=C/c1ccco1. The van der Waals surface area contributed by atoms with Crippen LogP contribution in [0.2, 0.25) is 4.34 Å². The van der Waals surface area contributed by atoms with Crippen LogP contribution in [0.25, 0.3) is 6.08 Å². The molecule has 2 aromatic rings. The van der Waals surface area contributed by atoms with Gasteiger partial charge in [0.05, 0.1) is 17.1 Å². The minimum absolute atomic E-state index is 0.0372. The van der Waals surface area contributed by atoms with Gasteiger partial charge in [-0.1, -0.05) is 11.6 Å². The maximum absolute atomic E-state index is 12.0. The Morgan fingerprint density at radius 2 is 2.22 bits per heavy atom. The van der Waals surface area contributed by atoms with Gasteiger partial charge in [0.25, 0.3) is 0 Å². The van der Waals surface area contributed by atoms with Crippen LogP contribution >= 0.6 is 22.9 Å². The highest BCUT2D eigenvalue weighted by molar-refractivity contribution is 7.16. The molecule has 1 N–H and O–H groups in total. The smallest absolute Gasteiger partial charge is 0.244 e. The highest BCUT2D eigenvalue weighted by Gasteiger charge is 2.10. The molecule has 0 aliphatic carbocycles. The van der Waals surface area contributed by atoms with Crippen LogP contribution in [0.3, 0.4) is 0 Å². The Bertz CT molecular complexity index is 679. The largest absolute Gasteiger partial charge is 0.465 e. The van der Waals surface area contributed by atoms with Gasteiger partial charge in [0.15, 0.2) is 0 Å². The maximum atomic E-state index is 12.0. The first-order valence-corrected chi connectivity index (χ1v) is 8.21. The molecule has 23 heavy (non-hydrogen) atoms. The van der Waals surface area contributed by atoms with Crippen molar-refractivity contribution in [2.45, 2.75) is 13.0 Å². The second-order valence-corrected chi connectivity index (χ2v) is 6.65. The number of halogens is 1. The van der Waals surface area contributed by atoms with Crippen LogP contribution in [0.1, 0.15) is 17.1 Å². The Morgan fingerprint density at radius 1 is 1.39 bits per heavy atom. The van der Waals surface area contributed by atoms with Crippen molar-refractivity contribution in [2.75, 3.05) is 13.6 Å². The molecule has 0 atom stereocenters. The molecule has 7 heteroatoms. The topological polar surface area (TPSA) is 62.6 Å². The molecule has 0 unspecified atom stereocenters. The Morgan fingerprint density at radius 3 is 2.87 bits per heavy atom. The summed E-state index contributed by atoms with van der Waals surface area (Å²) in [4.78, 5) is 26.2. The molecule has 0 aliphatic rings. The van der Waals surface area contributed by atoms with Gasteiger partial charge in [-0.3, -0.25) is 9.59 Å². The van der Waals surface area contributed by atoms with E-state index in [-0.39, 0.29) is 24.8 Å². The summed E-state index contributed by atoms with van der Waals surface area (Å²) in [6.07, 6.45) is 4.73. The molecule has 0 saturated heterocycles. The Labute approximate surface area is 143 Å². The maximum Gasteiger partial charge on any atom is 0.244 e. The molecule has 2 heterocycles. The van der Waals surface area contributed by atoms with Gasteiger partial charge in [-0.15, -0.1) is 11.3 Å². The average Bonchev–Trinajstić information content (AvgIpc) is 3.16. The lowest BCUT2D eigenvalue weighted by Gasteiger charge is -2.16. The summed E-state index contributed by atoms with van der Waals surface area (Å²) < 4.78 is 5.79. The highest BCUT2D eigenvalue weighted by Crippen LogP contribution is 2.22. The van der Waals surface area contributed by atoms with Crippen LogP contribution in [0, 0.1) is 0 Å². The summed E-state index contributed by atoms with van der Waals surface area (Å²) >= 11 is 7.31. The number of rotatable bonds is 7. The van der Waals surface area contributed by atoms with Crippen molar-refractivity contribution < 1.29 is 14.0 Å². The Kier molecular flexibility index (Phi) is 6.43. The minimum Gasteiger partial charge on any atom is -0.465 e. The lowest BCUT2D eigenvalue weighted by atomic mass is 10.3. The summed E-state index contributed by atoms with van der Waals surface area (Å²) in [6.45, 7) is 0.804. The van der Waals surface area contributed by atoms with E-state index in [4.69, 9.17) is 16.0 Å². The normalized spacial score (nSPS) is 10.9. The predicted octanol–water partition coefficient (Wildman–Crippen LogP) is 3.17. The van der Waals surface area contributed by atoms with Gasteiger partial charge in [0, 0.05) is 31.0 Å². The van der Waals surface area contributed by atoms with Crippen molar-refractivity contribution in [3.8, 4) is 0 Å². The Hall–Kier alpha value is -2.05. The van der Waals surface area contributed by atoms with E-state index < -0.39 is 0 Å². The van der Waals surface area contributed by atoms with Gasteiger partial charge in [0.1, 0.15) is 5.76 Å². The van der Waals surface area contributed by atoms with Crippen LogP contribution in [0.4, 0.5) is 0 Å². The third kappa shape index (κ3) is 5.92. The average molecular weight is 353 g/mol. The van der Waals surface area contributed by atoms with Gasteiger partial charge in [-0.2, -0.15) is 0 Å². The molecule has 2 aromatic heterocycles. The molecular formula is C16H17ClN2O3S. The molecule has 0 spiro atoms.